The molecule has 0 saturated carbocycles. The maximum absolute atomic E-state index is 4.73. The van der Waals surface area contributed by atoms with Crippen molar-refractivity contribution in [2.45, 2.75) is 18.4 Å². The Morgan fingerprint density at radius 3 is 2.89 bits per heavy atom. The number of hydrogen-bond donors (Lipinski definition) is 1. The van der Waals surface area contributed by atoms with Crippen molar-refractivity contribution in [3.63, 3.8) is 0 Å². The molecule has 0 saturated heterocycles. The van der Waals surface area contributed by atoms with Gasteiger partial charge in [-0.2, -0.15) is 11.8 Å². The molecular formula is C14H14BrN3S. The van der Waals surface area contributed by atoms with Gasteiger partial charge in [-0.3, -0.25) is 0 Å². The molecule has 0 bridgehead atoms. The first-order chi connectivity index (χ1) is 9.29. The summed E-state index contributed by atoms with van der Waals surface area (Å²) in [5.74, 6) is 3.77. The first kappa shape index (κ1) is 12.9. The van der Waals surface area contributed by atoms with Crippen molar-refractivity contribution in [3.8, 4) is 11.4 Å². The van der Waals surface area contributed by atoms with Crippen LogP contribution in [-0.4, -0.2) is 16.5 Å². The highest BCUT2D eigenvalue weighted by Gasteiger charge is 2.20. The molecule has 1 aliphatic heterocycles. The fraction of sp³-hybridized carbons (Fsp3) is 0.286. The molecular weight excluding hydrogens is 322 g/mol. The van der Waals surface area contributed by atoms with Crippen LogP contribution in [-0.2, 0) is 11.5 Å². The van der Waals surface area contributed by atoms with Gasteiger partial charge in [0.1, 0.15) is 5.82 Å². The minimum absolute atomic E-state index is 0.796. The predicted octanol–water partition coefficient (Wildman–Crippen LogP) is 4.08. The summed E-state index contributed by atoms with van der Waals surface area (Å²) in [6, 6.07) is 8.08. The summed E-state index contributed by atoms with van der Waals surface area (Å²) in [6.45, 7) is 2.97. The van der Waals surface area contributed by atoms with Crippen LogP contribution in [0.25, 0.3) is 11.4 Å². The highest BCUT2D eigenvalue weighted by molar-refractivity contribution is 9.10. The van der Waals surface area contributed by atoms with Crippen LogP contribution >= 0.6 is 27.7 Å². The molecule has 0 unspecified atom stereocenters. The van der Waals surface area contributed by atoms with E-state index in [-0.39, 0.29) is 0 Å². The number of aromatic nitrogens is 2. The average molecular weight is 336 g/mol. The fourth-order valence-electron chi connectivity index (χ4n) is 2.13. The number of hydrogen-bond acceptors (Lipinski definition) is 4. The standard InChI is InChI=1S/C14H14BrN3S/c1-2-16-13-10-7-19-8-12(10)17-14(18-13)9-5-3-4-6-11(9)15/h3-6H,2,7-8H2,1H3,(H,16,17,18). The highest BCUT2D eigenvalue weighted by Crippen LogP contribution is 2.35. The van der Waals surface area contributed by atoms with Crippen LogP contribution in [0.5, 0.6) is 0 Å². The van der Waals surface area contributed by atoms with Crippen molar-refractivity contribution in [3.05, 3.63) is 40.0 Å². The molecule has 5 heteroatoms. The lowest BCUT2D eigenvalue weighted by atomic mass is 10.2. The van der Waals surface area contributed by atoms with Crippen LogP contribution in [0.15, 0.2) is 28.7 Å². The number of anilines is 1. The van der Waals surface area contributed by atoms with E-state index in [1.165, 1.54) is 11.3 Å². The second-order valence-electron chi connectivity index (χ2n) is 4.32. The van der Waals surface area contributed by atoms with E-state index in [9.17, 15) is 0 Å². The lowest BCUT2D eigenvalue weighted by Gasteiger charge is -2.11. The first-order valence-electron chi connectivity index (χ1n) is 6.26. The third-order valence-corrected chi connectivity index (χ3v) is 4.70. The van der Waals surface area contributed by atoms with Crippen LogP contribution in [0.3, 0.4) is 0 Å². The van der Waals surface area contributed by atoms with Crippen molar-refractivity contribution in [2.24, 2.45) is 0 Å². The van der Waals surface area contributed by atoms with E-state index in [1.807, 2.05) is 36.0 Å². The molecule has 0 spiro atoms. The van der Waals surface area contributed by atoms with Crippen LogP contribution in [0.1, 0.15) is 18.2 Å². The van der Waals surface area contributed by atoms with E-state index in [0.29, 0.717) is 0 Å². The Morgan fingerprint density at radius 2 is 2.11 bits per heavy atom. The number of halogens is 1. The maximum atomic E-state index is 4.73. The topological polar surface area (TPSA) is 37.8 Å². The molecule has 0 radical (unpaired) electrons. The fourth-order valence-corrected chi connectivity index (χ4v) is 3.63. The predicted molar refractivity (Wildman–Crippen MR) is 84.3 cm³/mol. The van der Waals surface area contributed by atoms with Gasteiger partial charge in [0.15, 0.2) is 5.82 Å². The molecule has 3 nitrogen and oxygen atoms in total. The lowest BCUT2D eigenvalue weighted by molar-refractivity contribution is 1.05. The first-order valence-corrected chi connectivity index (χ1v) is 8.20. The summed E-state index contributed by atoms with van der Waals surface area (Å²) < 4.78 is 1.03. The van der Waals surface area contributed by atoms with Gasteiger partial charge in [-0.1, -0.05) is 34.1 Å². The van der Waals surface area contributed by atoms with Crippen molar-refractivity contribution in [1.82, 2.24) is 9.97 Å². The maximum Gasteiger partial charge on any atom is 0.162 e. The van der Waals surface area contributed by atoms with Gasteiger partial charge in [-0.25, -0.2) is 9.97 Å². The average Bonchev–Trinajstić information content (AvgIpc) is 2.88. The minimum atomic E-state index is 0.796. The van der Waals surface area contributed by atoms with Crippen molar-refractivity contribution >= 4 is 33.5 Å². The zero-order valence-electron chi connectivity index (χ0n) is 10.6. The van der Waals surface area contributed by atoms with Crippen LogP contribution in [0.4, 0.5) is 5.82 Å². The third kappa shape index (κ3) is 2.49. The molecule has 0 fully saturated rings. The Labute approximate surface area is 125 Å². The van der Waals surface area contributed by atoms with Gasteiger partial charge in [0.2, 0.25) is 0 Å². The number of fused-ring (bicyclic) bond motifs is 1. The number of benzene rings is 1. The lowest BCUT2D eigenvalue weighted by Crippen LogP contribution is -2.06. The van der Waals surface area contributed by atoms with Crippen molar-refractivity contribution in [1.29, 1.82) is 0 Å². The van der Waals surface area contributed by atoms with Crippen molar-refractivity contribution in [2.75, 3.05) is 11.9 Å². The summed E-state index contributed by atoms with van der Waals surface area (Å²) >= 11 is 5.47. The number of thioether (sulfide) groups is 1. The largest absolute Gasteiger partial charge is 0.370 e. The summed E-state index contributed by atoms with van der Waals surface area (Å²) in [6.07, 6.45) is 0. The Kier molecular flexibility index (Phi) is 3.75. The molecule has 0 atom stereocenters. The molecule has 0 aliphatic carbocycles. The zero-order valence-corrected chi connectivity index (χ0v) is 13.0. The van der Waals surface area contributed by atoms with Crippen LogP contribution in [0.2, 0.25) is 0 Å². The van der Waals surface area contributed by atoms with E-state index in [2.05, 4.69) is 28.2 Å². The van der Waals surface area contributed by atoms with Crippen LogP contribution in [0, 0.1) is 0 Å². The molecule has 2 aromatic rings. The second kappa shape index (κ2) is 5.51. The van der Waals surface area contributed by atoms with Crippen LogP contribution < -0.4 is 5.32 Å². The molecule has 2 heterocycles. The monoisotopic (exact) mass is 335 g/mol. The number of nitrogens with zero attached hydrogens (tertiary/aromatic N) is 2. The Bertz CT molecular complexity index is 616. The number of rotatable bonds is 3. The van der Waals surface area contributed by atoms with Gasteiger partial charge in [0, 0.05) is 33.7 Å². The Balaban J connectivity index is 2.13. The highest BCUT2D eigenvalue weighted by atomic mass is 79.9. The molecule has 1 N–H and O–H groups in total. The quantitative estimate of drug-likeness (QED) is 0.916. The smallest absolute Gasteiger partial charge is 0.162 e. The molecule has 1 aromatic heterocycles. The van der Waals surface area contributed by atoms with Crippen molar-refractivity contribution < 1.29 is 0 Å². The summed E-state index contributed by atoms with van der Waals surface area (Å²) in [4.78, 5) is 9.42. The molecule has 1 aliphatic rings. The summed E-state index contributed by atoms with van der Waals surface area (Å²) in [5, 5.41) is 3.36. The van der Waals surface area contributed by atoms with E-state index < -0.39 is 0 Å². The van der Waals surface area contributed by atoms with Gasteiger partial charge < -0.3 is 5.32 Å². The summed E-state index contributed by atoms with van der Waals surface area (Å²) in [7, 11) is 0. The third-order valence-electron chi connectivity index (χ3n) is 3.04. The molecule has 3 rings (SSSR count). The Morgan fingerprint density at radius 1 is 1.26 bits per heavy atom. The molecule has 98 valence electrons. The van der Waals surface area contributed by atoms with E-state index in [4.69, 9.17) is 9.97 Å². The SMILES string of the molecule is CCNc1nc(-c2ccccc2Br)nc2c1CSC2. The molecule has 0 amide bonds. The van der Waals surface area contributed by atoms with Gasteiger partial charge in [-0.15, -0.1) is 0 Å². The van der Waals surface area contributed by atoms with Gasteiger partial charge in [-0.05, 0) is 13.0 Å². The molecule has 19 heavy (non-hydrogen) atoms. The minimum Gasteiger partial charge on any atom is -0.370 e. The van der Waals surface area contributed by atoms with E-state index in [0.717, 1.165) is 39.7 Å². The summed E-state index contributed by atoms with van der Waals surface area (Å²) in [5.41, 5.74) is 3.48. The van der Waals surface area contributed by atoms with Gasteiger partial charge in [0.05, 0.1) is 5.69 Å². The van der Waals surface area contributed by atoms with E-state index >= 15 is 0 Å². The number of nitrogens with one attached hydrogen (secondary N) is 1. The van der Waals surface area contributed by atoms with Gasteiger partial charge in [0.25, 0.3) is 0 Å². The second-order valence-corrected chi connectivity index (χ2v) is 6.16. The van der Waals surface area contributed by atoms with Gasteiger partial charge >= 0.3 is 0 Å². The Hall–Kier alpha value is -1.07. The normalized spacial score (nSPS) is 13.4. The van der Waals surface area contributed by atoms with E-state index in [1.54, 1.807) is 0 Å². The molecule has 1 aromatic carbocycles. The zero-order chi connectivity index (χ0) is 13.2.